The van der Waals surface area contributed by atoms with Crippen LogP contribution < -0.4 is 5.32 Å². The number of hydrogen-bond donors (Lipinski definition) is 1. The van der Waals surface area contributed by atoms with Crippen LogP contribution in [0.2, 0.25) is 0 Å². The highest BCUT2D eigenvalue weighted by molar-refractivity contribution is 5.30. The summed E-state index contributed by atoms with van der Waals surface area (Å²) in [5, 5.41) is 3.46. The van der Waals surface area contributed by atoms with Crippen LogP contribution in [-0.4, -0.2) is 28.7 Å². The van der Waals surface area contributed by atoms with Gasteiger partial charge in [0, 0.05) is 43.3 Å². The fourth-order valence-electron chi connectivity index (χ4n) is 3.83. The second-order valence-electron chi connectivity index (χ2n) is 6.19. The van der Waals surface area contributed by atoms with Crippen LogP contribution in [0.5, 0.6) is 0 Å². The van der Waals surface area contributed by atoms with Crippen LogP contribution in [0.1, 0.15) is 55.0 Å². The molecule has 102 valence electrons. The monoisotopic (exact) mass is 259 g/mol. The van der Waals surface area contributed by atoms with Crippen molar-refractivity contribution in [2.45, 2.75) is 56.6 Å². The van der Waals surface area contributed by atoms with Crippen LogP contribution in [0.25, 0.3) is 0 Å². The van der Waals surface area contributed by atoms with Crippen LogP contribution in [0.4, 0.5) is 0 Å². The molecule has 1 aliphatic carbocycles. The molecule has 19 heavy (non-hydrogen) atoms. The van der Waals surface area contributed by atoms with E-state index in [9.17, 15) is 0 Å². The van der Waals surface area contributed by atoms with E-state index in [1.807, 2.05) is 0 Å². The Kier molecular flexibility index (Phi) is 2.81. The van der Waals surface area contributed by atoms with Gasteiger partial charge in [0.25, 0.3) is 0 Å². The summed E-state index contributed by atoms with van der Waals surface area (Å²) in [5.74, 6) is 0.575. The van der Waals surface area contributed by atoms with Gasteiger partial charge in [0.2, 0.25) is 0 Å². The molecular weight excluding hydrogens is 238 g/mol. The van der Waals surface area contributed by atoms with E-state index in [0.29, 0.717) is 5.92 Å². The summed E-state index contributed by atoms with van der Waals surface area (Å²) >= 11 is 0. The normalized spacial score (nSPS) is 28.7. The molecule has 1 saturated heterocycles. The molecule has 1 unspecified atom stereocenters. The molecule has 3 heterocycles. The molecule has 1 saturated carbocycles. The lowest BCUT2D eigenvalue weighted by Crippen LogP contribution is -2.45. The fourth-order valence-corrected chi connectivity index (χ4v) is 3.83. The summed E-state index contributed by atoms with van der Waals surface area (Å²) in [6, 6.07) is 0. The van der Waals surface area contributed by atoms with Crippen molar-refractivity contribution in [3.8, 4) is 0 Å². The number of nitrogens with zero attached hydrogens (tertiary/aromatic N) is 2. The standard InChI is InChI=1S/C15H21N3O/c1-4-15(5-1)8-11(3-7-19-15)14-12-9-16-6-2-13(12)17-10-18-14/h10-11,16H,1-9H2. The number of rotatable bonds is 1. The highest BCUT2D eigenvalue weighted by Gasteiger charge is 2.43. The maximum Gasteiger partial charge on any atom is 0.115 e. The molecule has 0 aromatic carbocycles. The predicted octanol–water partition coefficient (Wildman–Crippen LogP) is 1.94. The Morgan fingerprint density at radius 1 is 1.32 bits per heavy atom. The number of ether oxygens (including phenoxy) is 1. The van der Waals surface area contributed by atoms with Crippen LogP contribution in [-0.2, 0) is 17.7 Å². The Bertz CT molecular complexity index is 484. The highest BCUT2D eigenvalue weighted by atomic mass is 16.5. The average molecular weight is 259 g/mol. The van der Waals surface area contributed by atoms with Gasteiger partial charge in [0.1, 0.15) is 6.33 Å². The molecule has 2 fully saturated rings. The molecule has 1 N–H and O–H groups in total. The third-order valence-electron chi connectivity index (χ3n) is 5.05. The number of hydrogen-bond acceptors (Lipinski definition) is 4. The van der Waals surface area contributed by atoms with E-state index in [-0.39, 0.29) is 5.60 Å². The summed E-state index contributed by atoms with van der Waals surface area (Å²) in [6.45, 7) is 2.88. The zero-order valence-electron chi connectivity index (χ0n) is 11.3. The zero-order valence-corrected chi connectivity index (χ0v) is 11.3. The largest absolute Gasteiger partial charge is 0.375 e. The Hall–Kier alpha value is -1.00. The molecule has 0 bridgehead atoms. The summed E-state index contributed by atoms with van der Waals surface area (Å²) < 4.78 is 6.04. The second-order valence-corrected chi connectivity index (χ2v) is 6.19. The Morgan fingerprint density at radius 2 is 2.26 bits per heavy atom. The lowest BCUT2D eigenvalue weighted by atomic mass is 9.71. The van der Waals surface area contributed by atoms with Crippen molar-refractivity contribution in [2.75, 3.05) is 13.2 Å². The molecular formula is C15H21N3O. The van der Waals surface area contributed by atoms with E-state index < -0.39 is 0 Å². The maximum atomic E-state index is 6.04. The smallest absolute Gasteiger partial charge is 0.115 e. The van der Waals surface area contributed by atoms with Gasteiger partial charge in [0.05, 0.1) is 11.3 Å². The van der Waals surface area contributed by atoms with Crippen molar-refractivity contribution < 1.29 is 4.74 Å². The van der Waals surface area contributed by atoms with Gasteiger partial charge in [-0.15, -0.1) is 0 Å². The molecule has 2 aliphatic heterocycles. The molecule has 4 nitrogen and oxygen atoms in total. The van der Waals surface area contributed by atoms with Crippen molar-refractivity contribution in [1.82, 2.24) is 15.3 Å². The van der Waals surface area contributed by atoms with Crippen molar-refractivity contribution >= 4 is 0 Å². The van der Waals surface area contributed by atoms with E-state index in [1.165, 1.54) is 36.2 Å². The molecule has 1 aromatic rings. The van der Waals surface area contributed by atoms with Gasteiger partial charge in [-0.1, -0.05) is 0 Å². The minimum Gasteiger partial charge on any atom is -0.375 e. The van der Waals surface area contributed by atoms with Gasteiger partial charge in [0.15, 0.2) is 0 Å². The number of aromatic nitrogens is 2. The lowest BCUT2D eigenvalue weighted by molar-refractivity contribution is -0.133. The molecule has 3 aliphatic rings. The van der Waals surface area contributed by atoms with Gasteiger partial charge >= 0.3 is 0 Å². The first kappa shape index (κ1) is 11.8. The van der Waals surface area contributed by atoms with Crippen molar-refractivity contribution in [3.63, 3.8) is 0 Å². The molecule has 0 radical (unpaired) electrons. The van der Waals surface area contributed by atoms with E-state index in [0.717, 1.165) is 39.0 Å². The second kappa shape index (κ2) is 4.53. The van der Waals surface area contributed by atoms with E-state index >= 15 is 0 Å². The van der Waals surface area contributed by atoms with Crippen LogP contribution in [0.15, 0.2) is 6.33 Å². The zero-order chi connectivity index (χ0) is 12.7. The first-order valence-corrected chi connectivity index (χ1v) is 7.54. The first-order valence-electron chi connectivity index (χ1n) is 7.54. The summed E-state index contributed by atoms with van der Waals surface area (Å²) in [6.07, 6.45) is 8.91. The van der Waals surface area contributed by atoms with Crippen LogP contribution >= 0.6 is 0 Å². The SMILES string of the molecule is c1nc2c(c(C3CCOC4(CCC4)C3)n1)CNCC2. The summed E-state index contributed by atoms with van der Waals surface area (Å²) in [5.41, 5.74) is 4.13. The highest BCUT2D eigenvalue weighted by Crippen LogP contribution is 2.47. The number of fused-ring (bicyclic) bond motifs is 1. The Morgan fingerprint density at radius 3 is 3.11 bits per heavy atom. The van der Waals surface area contributed by atoms with E-state index in [2.05, 4.69) is 15.3 Å². The topological polar surface area (TPSA) is 47.0 Å². The summed E-state index contributed by atoms with van der Waals surface area (Å²) in [7, 11) is 0. The van der Waals surface area contributed by atoms with Gasteiger partial charge in [-0.25, -0.2) is 9.97 Å². The minimum atomic E-state index is 0.197. The predicted molar refractivity (Wildman–Crippen MR) is 72.0 cm³/mol. The molecule has 1 spiro atoms. The van der Waals surface area contributed by atoms with E-state index in [4.69, 9.17) is 4.74 Å². The van der Waals surface area contributed by atoms with Gasteiger partial charge in [-0.2, -0.15) is 0 Å². The minimum absolute atomic E-state index is 0.197. The molecule has 1 aromatic heterocycles. The molecule has 0 amide bonds. The van der Waals surface area contributed by atoms with Crippen molar-refractivity contribution in [1.29, 1.82) is 0 Å². The third kappa shape index (κ3) is 1.98. The van der Waals surface area contributed by atoms with Crippen LogP contribution in [0, 0.1) is 0 Å². The Balaban J connectivity index is 1.64. The van der Waals surface area contributed by atoms with E-state index in [1.54, 1.807) is 6.33 Å². The molecule has 4 rings (SSSR count). The molecule has 4 heteroatoms. The number of nitrogens with one attached hydrogen (secondary N) is 1. The molecule has 1 atom stereocenters. The van der Waals surface area contributed by atoms with Crippen LogP contribution in [0.3, 0.4) is 0 Å². The van der Waals surface area contributed by atoms with Gasteiger partial charge < -0.3 is 10.1 Å². The summed E-state index contributed by atoms with van der Waals surface area (Å²) in [4.78, 5) is 9.10. The maximum absolute atomic E-state index is 6.04. The average Bonchev–Trinajstić information content (AvgIpc) is 2.45. The van der Waals surface area contributed by atoms with Crippen molar-refractivity contribution in [3.05, 3.63) is 23.3 Å². The van der Waals surface area contributed by atoms with Gasteiger partial charge in [-0.05, 0) is 32.1 Å². The van der Waals surface area contributed by atoms with Gasteiger partial charge in [-0.3, -0.25) is 0 Å². The quantitative estimate of drug-likeness (QED) is 0.837. The first-order chi connectivity index (χ1) is 9.36. The van der Waals surface area contributed by atoms with Crippen molar-refractivity contribution in [2.24, 2.45) is 0 Å². The lowest BCUT2D eigenvalue weighted by Gasteiger charge is -2.47. The Labute approximate surface area is 114 Å². The fraction of sp³-hybridized carbons (Fsp3) is 0.733. The third-order valence-corrected chi connectivity index (χ3v) is 5.05.